The zero-order chi connectivity index (χ0) is 12.7. The van der Waals surface area contributed by atoms with Gasteiger partial charge in [0.1, 0.15) is 5.82 Å². The van der Waals surface area contributed by atoms with Crippen molar-refractivity contribution in [2.75, 3.05) is 11.9 Å². The summed E-state index contributed by atoms with van der Waals surface area (Å²) in [6.07, 6.45) is 2.30. The summed E-state index contributed by atoms with van der Waals surface area (Å²) >= 11 is 0. The van der Waals surface area contributed by atoms with Gasteiger partial charge in [-0.15, -0.1) is 0 Å². The van der Waals surface area contributed by atoms with Crippen LogP contribution in [0.2, 0.25) is 0 Å². The van der Waals surface area contributed by atoms with E-state index < -0.39 is 0 Å². The first-order valence-electron chi connectivity index (χ1n) is 6.56. The van der Waals surface area contributed by atoms with Gasteiger partial charge in [0, 0.05) is 25.3 Å². The van der Waals surface area contributed by atoms with Gasteiger partial charge in [0.2, 0.25) is 0 Å². The highest BCUT2D eigenvalue weighted by atomic mass is 15.1. The second-order valence-electron chi connectivity index (χ2n) is 5.40. The van der Waals surface area contributed by atoms with Crippen molar-refractivity contribution in [3.8, 4) is 0 Å². The van der Waals surface area contributed by atoms with Crippen LogP contribution < -0.4 is 11.1 Å². The Labute approximate surface area is 107 Å². The third-order valence-corrected chi connectivity index (χ3v) is 3.97. The molecule has 0 atom stereocenters. The third kappa shape index (κ3) is 1.97. The summed E-state index contributed by atoms with van der Waals surface area (Å²) in [6.45, 7) is 3.05. The zero-order valence-electron chi connectivity index (χ0n) is 11.0. The smallest absolute Gasteiger partial charge is 0.106 e. The molecule has 0 spiro atoms. The predicted octanol–water partition coefficient (Wildman–Crippen LogP) is 2.03. The van der Waals surface area contributed by atoms with Gasteiger partial charge >= 0.3 is 0 Å². The minimum absolute atomic E-state index is 0.428. The minimum atomic E-state index is 0.428. The van der Waals surface area contributed by atoms with Crippen LogP contribution in [0.1, 0.15) is 18.7 Å². The molecule has 0 saturated heterocycles. The van der Waals surface area contributed by atoms with Crippen molar-refractivity contribution in [2.45, 2.75) is 25.8 Å². The van der Waals surface area contributed by atoms with E-state index in [2.05, 4.69) is 33.1 Å². The van der Waals surface area contributed by atoms with E-state index in [4.69, 9.17) is 5.73 Å². The van der Waals surface area contributed by atoms with E-state index in [9.17, 15) is 0 Å². The molecule has 1 aromatic carbocycles. The SMILES string of the molecule is Cc1nc2cc(NCC3CC(N)C3)ccc2n1C. The molecule has 0 amide bonds. The van der Waals surface area contributed by atoms with Crippen molar-refractivity contribution in [3.05, 3.63) is 24.0 Å². The maximum absolute atomic E-state index is 5.79. The quantitative estimate of drug-likeness (QED) is 0.868. The number of anilines is 1. The van der Waals surface area contributed by atoms with Crippen LogP contribution in [0.4, 0.5) is 5.69 Å². The molecule has 1 saturated carbocycles. The van der Waals surface area contributed by atoms with Crippen LogP contribution in [-0.4, -0.2) is 22.1 Å². The van der Waals surface area contributed by atoms with Crippen molar-refractivity contribution >= 4 is 16.7 Å². The van der Waals surface area contributed by atoms with Crippen LogP contribution in [0.3, 0.4) is 0 Å². The second kappa shape index (κ2) is 4.28. The molecule has 1 fully saturated rings. The van der Waals surface area contributed by atoms with E-state index in [0.29, 0.717) is 6.04 Å². The monoisotopic (exact) mass is 244 g/mol. The van der Waals surface area contributed by atoms with Gasteiger partial charge in [0.05, 0.1) is 11.0 Å². The fraction of sp³-hybridized carbons (Fsp3) is 0.500. The van der Waals surface area contributed by atoms with E-state index in [1.807, 2.05) is 14.0 Å². The van der Waals surface area contributed by atoms with E-state index >= 15 is 0 Å². The normalized spacial score (nSPS) is 23.1. The van der Waals surface area contributed by atoms with Crippen molar-refractivity contribution in [1.29, 1.82) is 0 Å². The lowest BCUT2D eigenvalue weighted by atomic mass is 9.81. The number of nitrogens with one attached hydrogen (secondary N) is 1. The predicted molar refractivity (Wildman–Crippen MR) is 74.6 cm³/mol. The van der Waals surface area contributed by atoms with Crippen LogP contribution in [0.25, 0.3) is 11.0 Å². The number of hydrogen-bond donors (Lipinski definition) is 2. The molecule has 96 valence electrons. The molecular formula is C14H20N4. The largest absolute Gasteiger partial charge is 0.385 e. The van der Waals surface area contributed by atoms with Crippen LogP contribution in [0.15, 0.2) is 18.2 Å². The Kier molecular flexibility index (Phi) is 2.74. The second-order valence-corrected chi connectivity index (χ2v) is 5.40. The van der Waals surface area contributed by atoms with E-state index in [-0.39, 0.29) is 0 Å². The van der Waals surface area contributed by atoms with Gasteiger partial charge in [-0.1, -0.05) is 0 Å². The molecule has 1 aromatic heterocycles. The zero-order valence-corrected chi connectivity index (χ0v) is 11.0. The molecule has 3 N–H and O–H groups in total. The molecular weight excluding hydrogens is 224 g/mol. The van der Waals surface area contributed by atoms with Crippen molar-refractivity contribution < 1.29 is 0 Å². The maximum Gasteiger partial charge on any atom is 0.106 e. The molecule has 18 heavy (non-hydrogen) atoms. The van der Waals surface area contributed by atoms with Gasteiger partial charge in [-0.3, -0.25) is 0 Å². The number of aryl methyl sites for hydroxylation is 2. The average molecular weight is 244 g/mol. The summed E-state index contributed by atoms with van der Waals surface area (Å²) in [5.41, 5.74) is 9.19. The Balaban J connectivity index is 1.73. The van der Waals surface area contributed by atoms with Gasteiger partial charge in [0.15, 0.2) is 0 Å². The van der Waals surface area contributed by atoms with Crippen LogP contribution in [0.5, 0.6) is 0 Å². The first-order valence-corrected chi connectivity index (χ1v) is 6.56. The first-order chi connectivity index (χ1) is 8.63. The summed E-state index contributed by atoms with van der Waals surface area (Å²) in [5, 5.41) is 3.48. The topological polar surface area (TPSA) is 55.9 Å². The molecule has 1 aliphatic rings. The van der Waals surface area contributed by atoms with Gasteiger partial charge < -0.3 is 15.6 Å². The Bertz CT molecular complexity index is 566. The molecule has 0 unspecified atom stereocenters. The number of hydrogen-bond acceptors (Lipinski definition) is 3. The molecule has 4 heteroatoms. The number of imidazole rings is 1. The maximum atomic E-state index is 5.79. The summed E-state index contributed by atoms with van der Waals surface area (Å²) in [6, 6.07) is 6.81. The van der Waals surface area contributed by atoms with Crippen LogP contribution in [0, 0.1) is 12.8 Å². The van der Waals surface area contributed by atoms with Crippen LogP contribution >= 0.6 is 0 Å². The van der Waals surface area contributed by atoms with E-state index in [0.717, 1.165) is 42.3 Å². The number of aromatic nitrogens is 2. The van der Waals surface area contributed by atoms with Gasteiger partial charge in [-0.2, -0.15) is 0 Å². The standard InChI is InChI=1S/C14H20N4/c1-9-17-13-7-12(3-4-14(13)18(9)2)16-8-10-5-11(15)6-10/h3-4,7,10-11,16H,5-6,8,15H2,1-2H3. The Morgan fingerprint density at radius 2 is 2.22 bits per heavy atom. The van der Waals surface area contributed by atoms with Gasteiger partial charge in [0.25, 0.3) is 0 Å². The van der Waals surface area contributed by atoms with Crippen molar-refractivity contribution in [1.82, 2.24) is 9.55 Å². The molecule has 0 radical (unpaired) electrons. The lowest BCUT2D eigenvalue weighted by Gasteiger charge is -2.32. The van der Waals surface area contributed by atoms with Crippen LogP contribution in [-0.2, 0) is 7.05 Å². The highest BCUT2D eigenvalue weighted by Crippen LogP contribution is 2.26. The molecule has 3 rings (SSSR count). The molecule has 1 heterocycles. The summed E-state index contributed by atoms with van der Waals surface area (Å²) in [4.78, 5) is 4.55. The Hall–Kier alpha value is -1.55. The minimum Gasteiger partial charge on any atom is -0.385 e. The summed E-state index contributed by atoms with van der Waals surface area (Å²) in [7, 11) is 2.05. The Morgan fingerprint density at radius 1 is 1.44 bits per heavy atom. The number of nitrogens with zero attached hydrogens (tertiary/aromatic N) is 2. The van der Waals surface area contributed by atoms with Gasteiger partial charge in [-0.05, 0) is 43.9 Å². The highest BCUT2D eigenvalue weighted by Gasteiger charge is 2.25. The lowest BCUT2D eigenvalue weighted by Crippen LogP contribution is -2.39. The Morgan fingerprint density at radius 3 is 2.94 bits per heavy atom. The number of nitrogens with two attached hydrogens (primary N) is 1. The van der Waals surface area contributed by atoms with E-state index in [1.165, 1.54) is 5.52 Å². The fourth-order valence-corrected chi connectivity index (χ4v) is 2.65. The molecule has 1 aliphatic carbocycles. The highest BCUT2D eigenvalue weighted by molar-refractivity contribution is 5.80. The molecule has 0 aliphatic heterocycles. The lowest BCUT2D eigenvalue weighted by molar-refractivity contribution is 0.280. The molecule has 2 aromatic rings. The third-order valence-electron chi connectivity index (χ3n) is 3.97. The first kappa shape index (κ1) is 11.5. The summed E-state index contributed by atoms with van der Waals surface area (Å²) < 4.78 is 2.12. The number of rotatable bonds is 3. The number of fused-ring (bicyclic) bond motifs is 1. The molecule has 0 bridgehead atoms. The van der Waals surface area contributed by atoms with Gasteiger partial charge in [-0.25, -0.2) is 4.98 Å². The fourth-order valence-electron chi connectivity index (χ4n) is 2.65. The number of benzene rings is 1. The van der Waals surface area contributed by atoms with Crippen molar-refractivity contribution in [2.24, 2.45) is 18.7 Å². The van der Waals surface area contributed by atoms with Crippen molar-refractivity contribution in [3.63, 3.8) is 0 Å². The van der Waals surface area contributed by atoms with E-state index in [1.54, 1.807) is 0 Å². The molecule has 4 nitrogen and oxygen atoms in total. The summed E-state index contributed by atoms with van der Waals surface area (Å²) in [5.74, 6) is 1.79. The average Bonchev–Trinajstić information content (AvgIpc) is 2.59.